The van der Waals surface area contributed by atoms with Crippen LogP contribution in [0.5, 0.6) is 0 Å². The number of carbonyl (C=O) groups is 1. The lowest BCUT2D eigenvalue weighted by molar-refractivity contribution is -0.145. The molecule has 0 atom stereocenters. The second-order valence-electron chi connectivity index (χ2n) is 4.63. The van der Waals surface area contributed by atoms with Crippen molar-refractivity contribution in [1.82, 2.24) is 0 Å². The van der Waals surface area contributed by atoms with Crippen LogP contribution in [0.2, 0.25) is 0 Å². The van der Waals surface area contributed by atoms with Crippen LogP contribution in [0.15, 0.2) is 29.2 Å². The van der Waals surface area contributed by atoms with Gasteiger partial charge < -0.3 is 10.4 Å². The number of para-hydroxylation sites is 1. The topological polar surface area (TPSA) is 83.5 Å². The van der Waals surface area contributed by atoms with Gasteiger partial charge in [0.25, 0.3) is 0 Å². The Morgan fingerprint density at radius 2 is 1.94 bits per heavy atom. The quantitative estimate of drug-likeness (QED) is 0.865. The molecule has 2 N–H and O–H groups in total. The summed E-state index contributed by atoms with van der Waals surface area (Å²) in [5.41, 5.74) is -0.650. The number of aliphatic carboxylic acids is 1. The largest absolute Gasteiger partial charge is 0.480 e. The molecule has 0 saturated heterocycles. The summed E-state index contributed by atoms with van der Waals surface area (Å²) in [4.78, 5) is 11.4. The molecule has 1 fully saturated rings. The Labute approximate surface area is 106 Å². The fourth-order valence-corrected chi connectivity index (χ4v) is 2.92. The van der Waals surface area contributed by atoms with Crippen LogP contribution in [0.1, 0.15) is 19.3 Å². The smallest absolute Gasteiger partial charge is 0.329 e. The summed E-state index contributed by atoms with van der Waals surface area (Å²) in [7, 11) is -3.37. The standard InChI is InChI=1S/C12H15NO4S/c1-18(16,17)10-6-3-2-5-9(10)13-12(11(14)15)7-4-8-12/h2-3,5-6,13H,4,7-8H2,1H3,(H,14,15). The molecule has 6 heteroatoms. The zero-order chi connectivity index (χ0) is 13.4. The van der Waals surface area contributed by atoms with Crippen LogP contribution in [0.4, 0.5) is 5.69 Å². The first-order valence-corrected chi connectivity index (χ1v) is 7.55. The first-order valence-electron chi connectivity index (χ1n) is 5.66. The van der Waals surface area contributed by atoms with Crippen molar-refractivity contribution in [3.05, 3.63) is 24.3 Å². The maximum Gasteiger partial charge on any atom is 0.329 e. The Morgan fingerprint density at radius 1 is 1.33 bits per heavy atom. The first-order chi connectivity index (χ1) is 8.35. The third kappa shape index (κ3) is 2.20. The third-order valence-corrected chi connectivity index (χ3v) is 4.43. The van der Waals surface area contributed by atoms with Crippen molar-refractivity contribution in [2.24, 2.45) is 0 Å². The highest BCUT2D eigenvalue weighted by Crippen LogP contribution is 2.37. The van der Waals surface area contributed by atoms with E-state index in [0.29, 0.717) is 18.5 Å². The molecule has 5 nitrogen and oxygen atoms in total. The average Bonchev–Trinajstić information content (AvgIpc) is 2.22. The van der Waals surface area contributed by atoms with E-state index in [2.05, 4.69) is 5.32 Å². The predicted molar refractivity (Wildman–Crippen MR) is 67.4 cm³/mol. The Bertz CT molecular complexity index is 575. The van der Waals surface area contributed by atoms with Crippen molar-refractivity contribution in [3.63, 3.8) is 0 Å². The fourth-order valence-electron chi connectivity index (χ4n) is 2.07. The molecule has 0 aliphatic heterocycles. The number of sulfone groups is 1. The molecule has 1 aromatic carbocycles. The molecule has 1 aliphatic carbocycles. The van der Waals surface area contributed by atoms with Gasteiger partial charge in [0, 0.05) is 6.26 Å². The van der Waals surface area contributed by atoms with Crippen LogP contribution < -0.4 is 5.32 Å². The zero-order valence-electron chi connectivity index (χ0n) is 10.0. The normalized spacial score (nSPS) is 17.8. The van der Waals surface area contributed by atoms with E-state index in [9.17, 15) is 18.3 Å². The van der Waals surface area contributed by atoms with Crippen molar-refractivity contribution in [1.29, 1.82) is 0 Å². The second kappa shape index (κ2) is 4.28. The molecule has 98 valence electrons. The van der Waals surface area contributed by atoms with Gasteiger partial charge in [-0.15, -0.1) is 0 Å². The summed E-state index contributed by atoms with van der Waals surface area (Å²) in [5.74, 6) is -0.933. The highest BCUT2D eigenvalue weighted by atomic mass is 32.2. The van der Waals surface area contributed by atoms with E-state index in [4.69, 9.17) is 0 Å². The van der Waals surface area contributed by atoms with Crippen molar-refractivity contribution in [3.8, 4) is 0 Å². The van der Waals surface area contributed by atoms with Gasteiger partial charge in [-0.1, -0.05) is 12.1 Å². The lowest BCUT2D eigenvalue weighted by Crippen LogP contribution is -2.52. The zero-order valence-corrected chi connectivity index (χ0v) is 10.8. The van der Waals surface area contributed by atoms with Crippen LogP contribution in [-0.2, 0) is 14.6 Å². The SMILES string of the molecule is CS(=O)(=O)c1ccccc1NC1(C(=O)O)CCC1. The summed E-state index contributed by atoms with van der Waals surface area (Å²) in [6, 6.07) is 6.38. The molecule has 2 rings (SSSR count). The fraction of sp³-hybridized carbons (Fsp3) is 0.417. The number of carboxylic acid groups (broad SMARTS) is 1. The van der Waals surface area contributed by atoms with Gasteiger partial charge in [0.1, 0.15) is 5.54 Å². The van der Waals surface area contributed by atoms with Gasteiger partial charge in [0.2, 0.25) is 0 Å². The van der Waals surface area contributed by atoms with Gasteiger partial charge in [0.15, 0.2) is 9.84 Å². The number of hydrogen-bond acceptors (Lipinski definition) is 4. The van der Waals surface area contributed by atoms with E-state index in [1.165, 1.54) is 6.07 Å². The van der Waals surface area contributed by atoms with Gasteiger partial charge >= 0.3 is 5.97 Å². The molecule has 0 radical (unpaired) electrons. The molecule has 1 aromatic rings. The predicted octanol–water partition coefficient (Wildman–Crippen LogP) is 1.51. The van der Waals surface area contributed by atoms with Gasteiger partial charge in [0.05, 0.1) is 10.6 Å². The number of hydrogen-bond donors (Lipinski definition) is 2. The Morgan fingerprint density at radius 3 is 2.39 bits per heavy atom. The third-order valence-electron chi connectivity index (χ3n) is 3.28. The van der Waals surface area contributed by atoms with Crippen LogP contribution in [0.25, 0.3) is 0 Å². The number of nitrogens with one attached hydrogen (secondary N) is 1. The van der Waals surface area contributed by atoms with Crippen molar-refractivity contribution in [2.45, 2.75) is 29.7 Å². The van der Waals surface area contributed by atoms with E-state index in [0.717, 1.165) is 12.7 Å². The molecule has 1 saturated carbocycles. The first kappa shape index (κ1) is 12.9. The van der Waals surface area contributed by atoms with Crippen LogP contribution >= 0.6 is 0 Å². The van der Waals surface area contributed by atoms with Crippen molar-refractivity contribution < 1.29 is 18.3 Å². The molecular weight excluding hydrogens is 254 g/mol. The van der Waals surface area contributed by atoms with Crippen LogP contribution in [-0.4, -0.2) is 31.3 Å². The number of anilines is 1. The summed E-state index contributed by atoms with van der Waals surface area (Å²) < 4.78 is 23.3. The highest BCUT2D eigenvalue weighted by molar-refractivity contribution is 7.90. The summed E-state index contributed by atoms with van der Waals surface area (Å²) in [5, 5.41) is 12.1. The van der Waals surface area contributed by atoms with E-state index >= 15 is 0 Å². The Kier molecular flexibility index (Phi) is 3.06. The monoisotopic (exact) mass is 269 g/mol. The molecule has 0 spiro atoms. The molecule has 0 aromatic heterocycles. The van der Waals surface area contributed by atoms with Crippen LogP contribution in [0.3, 0.4) is 0 Å². The summed E-state index contributed by atoms with van der Waals surface area (Å²) >= 11 is 0. The van der Waals surface area contributed by atoms with E-state index in [-0.39, 0.29) is 4.90 Å². The maximum atomic E-state index is 11.6. The molecule has 18 heavy (non-hydrogen) atoms. The minimum absolute atomic E-state index is 0.137. The maximum absolute atomic E-state index is 11.6. The lowest BCUT2D eigenvalue weighted by Gasteiger charge is -2.39. The molecule has 0 unspecified atom stereocenters. The molecular formula is C12H15NO4S. The van der Waals surface area contributed by atoms with E-state index in [1.807, 2.05) is 0 Å². The minimum atomic E-state index is -3.37. The Hall–Kier alpha value is -1.56. The van der Waals surface area contributed by atoms with Gasteiger partial charge in [-0.3, -0.25) is 0 Å². The summed E-state index contributed by atoms with van der Waals surface area (Å²) in [6.07, 6.45) is 2.98. The van der Waals surface area contributed by atoms with Gasteiger partial charge in [-0.2, -0.15) is 0 Å². The van der Waals surface area contributed by atoms with E-state index < -0.39 is 21.3 Å². The lowest BCUT2D eigenvalue weighted by atomic mass is 9.76. The molecule has 0 heterocycles. The molecule has 0 amide bonds. The second-order valence-corrected chi connectivity index (χ2v) is 6.62. The van der Waals surface area contributed by atoms with Gasteiger partial charge in [-0.25, -0.2) is 13.2 Å². The average molecular weight is 269 g/mol. The Balaban J connectivity index is 2.38. The van der Waals surface area contributed by atoms with Crippen molar-refractivity contribution >= 4 is 21.5 Å². The molecule has 1 aliphatic rings. The highest BCUT2D eigenvalue weighted by Gasteiger charge is 2.44. The number of rotatable bonds is 4. The minimum Gasteiger partial charge on any atom is -0.480 e. The van der Waals surface area contributed by atoms with Crippen molar-refractivity contribution in [2.75, 3.05) is 11.6 Å². The molecule has 0 bridgehead atoms. The number of benzene rings is 1. The van der Waals surface area contributed by atoms with Gasteiger partial charge in [-0.05, 0) is 31.4 Å². The van der Waals surface area contributed by atoms with Crippen LogP contribution in [0, 0.1) is 0 Å². The van der Waals surface area contributed by atoms with E-state index in [1.54, 1.807) is 18.2 Å². The summed E-state index contributed by atoms with van der Waals surface area (Å²) in [6.45, 7) is 0. The number of carboxylic acids is 1.